The van der Waals surface area contributed by atoms with Gasteiger partial charge in [-0.15, -0.1) is 0 Å². The summed E-state index contributed by atoms with van der Waals surface area (Å²) in [6.07, 6.45) is 1.12. The van der Waals surface area contributed by atoms with E-state index in [9.17, 15) is 23.1 Å². The highest BCUT2D eigenvalue weighted by molar-refractivity contribution is 7.89. The van der Waals surface area contributed by atoms with E-state index < -0.39 is 27.2 Å². The van der Waals surface area contributed by atoms with Gasteiger partial charge in [0.1, 0.15) is 5.56 Å². The molecule has 0 spiro atoms. The first-order valence-electron chi connectivity index (χ1n) is 6.75. The molecule has 0 saturated carbocycles. The second-order valence-electron chi connectivity index (χ2n) is 4.90. The van der Waals surface area contributed by atoms with Crippen molar-refractivity contribution in [2.24, 2.45) is 19.1 Å². The lowest BCUT2D eigenvalue weighted by molar-refractivity contribution is 0.410. The van der Waals surface area contributed by atoms with Crippen LogP contribution in [-0.4, -0.2) is 35.9 Å². The minimum atomic E-state index is -3.54. The molecule has 0 atom stereocenters. The molecule has 0 aliphatic heterocycles. The number of aromatic hydroxyl groups is 1. The number of nitrogens with one attached hydrogen (secondary N) is 1. The van der Waals surface area contributed by atoms with Gasteiger partial charge in [0, 0.05) is 20.3 Å². The van der Waals surface area contributed by atoms with Gasteiger partial charge in [-0.3, -0.25) is 18.9 Å². The van der Waals surface area contributed by atoms with E-state index in [1.165, 1.54) is 45.4 Å². The highest BCUT2D eigenvalue weighted by Gasteiger charge is 2.13. The fraction of sp³-hybridized carbons (Fsp3) is 0.214. The van der Waals surface area contributed by atoms with Gasteiger partial charge in [-0.25, -0.2) is 17.9 Å². The average Bonchev–Trinajstić information content (AvgIpc) is 2.58. The van der Waals surface area contributed by atoms with Gasteiger partial charge in [0.05, 0.1) is 10.6 Å². The number of rotatable bonds is 4. The summed E-state index contributed by atoms with van der Waals surface area (Å²) in [5, 5.41) is 9.92. The molecule has 1 aromatic heterocycles. The van der Waals surface area contributed by atoms with Gasteiger partial charge in [-0.05, 0) is 31.3 Å². The van der Waals surface area contributed by atoms with Crippen LogP contribution < -0.4 is 16.0 Å². The maximum atomic E-state index is 12.0. The van der Waals surface area contributed by atoms with Crippen LogP contribution in [0.25, 0.3) is 0 Å². The molecule has 0 bridgehead atoms. The molecule has 0 radical (unpaired) electrons. The van der Waals surface area contributed by atoms with Gasteiger partial charge in [0.15, 0.2) is 0 Å². The molecule has 1 aromatic carbocycles. The quantitative estimate of drug-likeness (QED) is 0.715. The summed E-state index contributed by atoms with van der Waals surface area (Å²) in [5.74, 6) is -0.499. The fourth-order valence-electron chi connectivity index (χ4n) is 1.94. The molecular weight excluding hydrogens is 336 g/mol. The zero-order chi connectivity index (χ0) is 18.1. The second-order valence-corrected chi connectivity index (χ2v) is 6.79. The molecule has 2 rings (SSSR count). The Balaban J connectivity index is 2.43. The summed E-state index contributed by atoms with van der Waals surface area (Å²) >= 11 is 0. The minimum Gasteiger partial charge on any atom is -0.494 e. The van der Waals surface area contributed by atoms with Crippen molar-refractivity contribution in [2.45, 2.75) is 4.90 Å². The molecule has 0 aliphatic carbocycles. The van der Waals surface area contributed by atoms with Crippen molar-refractivity contribution >= 4 is 21.9 Å². The minimum absolute atomic E-state index is 0.0739. The smallest absolute Gasteiger partial charge is 0.333 e. The average molecular weight is 352 g/mol. The summed E-state index contributed by atoms with van der Waals surface area (Å²) in [6, 6.07) is 5.61. The lowest BCUT2D eigenvalue weighted by Crippen LogP contribution is -2.38. The van der Waals surface area contributed by atoms with E-state index in [1.54, 1.807) is 0 Å². The summed E-state index contributed by atoms with van der Waals surface area (Å²) < 4.78 is 27.2. The van der Waals surface area contributed by atoms with Crippen LogP contribution in [0.3, 0.4) is 0 Å². The number of aromatic nitrogens is 2. The summed E-state index contributed by atoms with van der Waals surface area (Å²) in [4.78, 5) is 27.8. The number of hydrogen-bond donors (Lipinski definition) is 2. The molecule has 9 nitrogen and oxygen atoms in total. The van der Waals surface area contributed by atoms with Crippen LogP contribution in [0.1, 0.15) is 5.56 Å². The first-order chi connectivity index (χ1) is 11.2. The van der Waals surface area contributed by atoms with Crippen molar-refractivity contribution < 1.29 is 13.5 Å². The van der Waals surface area contributed by atoms with E-state index in [0.717, 1.165) is 15.3 Å². The van der Waals surface area contributed by atoms with Crippen LogP contribution in [0.4, 0.5) is 5.69 Å². The van der Waals surface area contributed by atoms with Gasteiger partial charge in [-0.2, -0.15) is 0 Å². The highest BCUT2D eigenvalue weighted by atomic mass is 32.2. The van der Waals surface area contributed by atoms with Gasteiger partial charge in [0.2, 0.25) is 15.9 Å². The van der Waals surface area contributed by atoms with Crippen LogP contribution >= 0.6 is 0 Å². The number of benzene rings is 1. The third-order valence-electron chi connectivity index (χ3n) is 3.43. The number of aliphatic imine (C=N–C) groups is 1. The number of nitrogens with zero attached hydrogens (tertiary/aromatic N) is 3. The molecule has 0 saturated heterocycles. The normalized spacial score (nSPS) is 12.0. The van der Waals surface area contributed by atoms with E-state index in [-0.39, 0.29) is 10.5 Å². The lowest BCUT2D eigenvalue weighted by Gasteiger charge is -2.07. The Morgan fingerprint density at radius 3 is 2.25 bits per heavy atom. The first-order valence-corrected chi connectivity index (χ1v) is 8.24. The van der Waals surface area contributed by atoms with Crippen molar-refractivity contribution in [2.75, 3.05) is 7.05 Å². The van der Waals surface area contributed by atoms with Gasteiger partial charge < -0.3 is 5.11 Å². The van der Waals surface area contributed by atoms with Crippen molar-refractivity contribution in [3.05, 3.63) is 50.7 Å². The molecular formula is C14H16N4O5S. The molecule has 0 unspecified atom stereocenters. The standard InChI is InChI=1S/C14H16N4O5S/c1-15-24(22,23)10-6-4-9(5-7-10)16-8-11-12(19)17(2)14(21)18(3)13(11)20/h4-8,15,19H,1-3H3. The summed E-state index contributed by atoms with van der Waals surface area (Å²) in [6.45, 7) is 0. The molecule has 24 heavy (non-hydrogen) atoms. The monoisotopic (exact) mass is 352 g/mol. The van der Waals surface area contributed by atoms with E-state index in [1.807, 2.05) is 0 Å². The molecule has 10 heteroatoms. The second kappa shape index (κ2) is 6.42. The Bertz CT molecular complexity index is 1020. The van der Waals surface area contributed by atoms with Crippen LogP contribution in [-0.2, 0) is 24.1 Å². The van der Waals surface area contributed by atoms with Gasteiger partial charge in [-0.1, -0.05) is 0 Å². The van der Waals surface area contributed by atoms with Gasteiger partial charge in [0.25, 0.3) is 5.56 Å². The molecule has 0 fully saturated rings. The Hall–Kier alpha value is -2.72. The molecule has 2 N–H and O–H groups in total. The Kier molecular flexibility index (Phi) is 4.71. The molecule has 0 aliphatic rings. The molecule has 2 aromatic rings. The predicted molar refractivity (Wildman–Crippen MR) is 88.5 cm³/mol. The molecule has 0 amide bonds. The Morgan fingerprint density at radius 1 is 1.12 bits per heavy atom. The van der Waals surface area contributed by atoms with Crippen LogP contribution in [0.5, 0.6) is 5.88 Å². The van der Waals surface area contributed by atoms with E-state index in [4.69, 9.17) is 0 Å². The van der Waals surface area contributed by atoms with Crippen molar-refractivity contribution in [1.82, 2.24) is 13.9 Å². The van der Waals surface area contributed by atoms with Crippen LogP contribution in [0, 0.1) is 0 Å². The van der Waals surface area contributed by atoms with Crippen molar-refractivity contribution in [3.63, 3.8) is 0 Å². The fourth-order valence-corrected chi connectivity index (χ4v) is 2.67. The molecule has 128 valence electrons. The topological polar surface area (TPSA) is 123 Å². The zero-order valence-electron chi connectivity index (χ0n) is 13.2. The van der Waals surface area contributed by atoms with Crippen molar-refractivity contribution in [1.29, 1.82) is 0 Å². The Labute approximate surface area is 137 Å². The third-order valence-corrected chi connectivity index (χ3v) is 4.86. The van der Waals surface area contributed by atoms with Crippen LogP contribution in [0.15, 0.2) is 43.7 Å². The highest BCUT2D eigenvalue weighted by Crippen LogP contribution is 2.17. The largest absolute Gasteiger partial charge is 0.494 e. The third kappa shape index (κ3) is 3.14. The van der Waals surface area contributed by atoms with E-state index in [2.05, 4.69) is 9.71 Å². The maximum absolute atomic E-state index is 12.0. The van der Waals surface area contributed by atoms with E-state index >= 15 is 0 Å². The number of hydrogen-bond acceptors (Lipinski definition) is 6. The lowest BCUT2D eigenvalue weighted by atomic mass is 10.3. The van der Waals surface area contributed by atoms with Crippen LogP contribution in [0.2, 0.25) is 0 Å². The van der Waals surface area contributed by atoms with Crippen molar-refractivity contribution in [3.8, 4) is 5.88 Å². The number of sulfonamides is 1. The summed E-state index contributed by atoms with van der Waals surface area (Å²) in [7, 11) is 0.376. The Morgan fingerprint density at radius 2 is 1.71 bits per heavy atom. The predicted octanol–water partition coefficient (Wildman–Crippen LogP) is -0.552. The van der Waals surface area contributed by atoms with E-state index in [0.29, 0.717) is 5.69 Å². The SMILES string of the molecule is CNS(=O)(=O)c1ccc(N=Cc2c(O)n(C)c(=O)n(C)c2=O)cc1. The van der Waals surface area contributed by atoms with Gasteiger partial charge >= 0.3 is 5.69 Å². The summed E-state index contributed by atoms with van der Waals surface area (Å²) in [5.41, 5.74) is -1.11. The first kappa shape index (κ1) is 17.6. The maximum Gasteiger partial charge on any atom is 0.333 e. The molecule has 1 heterocycles. The zero-order valence-corrected chi connectivity index (χ0v) is 14.0.